The minimum atomic E-state index is -1.76. The second kappa shape index (κ2) is 5.77. The van der Waals surface area contributed by atoms with Gasteiger partial charge in [-0.05, 0) is 7.05 Å². The lowest BCUT2D eigenvalue weighted by Crippen LogP contribution is -2.48. The molecule has 0 aromatic rings. The van der Waals surface area contributed by atoms with Gasteiger partial charge in [0.25, 0.3) is 5.68 Å². The van der Waals surface area contributed by atoms with Gasteiger partial charge in [-0.25, -0.2) is 0 Å². The maximum atomic E-state index is 11.7. The van der Waals surface area contributed by atoms with Crippen LogP contribution in [0.25, 0.3) is 0 Å². The van der Waals surface area contributed by atoms with E-state index >= 15 is 0 Å². The monoisotopic (exact) mass is 255 g/mol. The summed E-state index contributed by atoms with van der Waals surface area (Å²) in [5.74, 6) is -2.74. The number of hydrogen-bond donors (Lipinski definition) is 0. The van der Waals surface area contributed by atoms with E-state index in [0.29, 0.717) is 0 Å². The Hall–Kier alpha value is -1.70. The molecule has 98 valence electrons. The molecule has 0 aromatic heterocycles. The van der Waals surface area contributed by atoms with Crippen molar-refractivity contribution in [3.63, 3.8) is 0 Å². The average Bonchev–Trinajstić information content (AvgIpc) is 2.23. The van der Waals surface area contributed by atoms with E-state index in [4.69, 9.17) is 0 Å². The molecule has 0 aromatic carbocycles. The Balaban J connectivity index is 2.80. The molecule has 0 N–H and O–H groups in total. The molecule has 0 spiro atoms. The first-order chi connectivity index (χ1) is 8.31. The van der Waals surface area contributed by atoms with Crippen LogP contribution in [0, 0.1) is 5.92 Å². The molecule has 7 nitrogen and oxygen atoms in total. The third-order valence-corrected chi connectivity index (χ3v) is 2.26. The number of rotatable bonds is 3. The summed E-state index contributed by atoms with van der Waals surface area (Å²) in [6.45, 7) is 2.77. The Bertz CT molecular complexity index is 374. The summed E-state index contributed by atoms with van der Waals surface area (Å²) in [6.07, 6.45) is 0. The maximum Gasteiger partial charge on any atom is 0.683 e. The zero-order valence-corrected chi connectivity index (χ0v) is 10.5. The third kappa shape index (κ3) is 3.66. The molecule has 0 saturated carbocycles. The van der Waals surface area contributed by atoms with E-state index in [0.717, 1.165) is 0 Å². The lowest BCUT2D eigenvalue weighted by Gasteiger charge is -2.21. The van der Waals surface area contributed by atoms with Crippen LogP contribution in [0.2, 0.25) is 0 Å². The van der Waals surface area contributed by atoms with Crippen LogP contribution in [0.3, 0.4) is 0 Å². The smallest absolute Gasteiger partial charge is 0.492 e. The van der Waals surface area contributed by atoms with Crippen LogP contribution in [0.4, 0.5) is 0 Å². The van der Waals surface area contributed by atoms with E-state index in [-0.39, 0.29) is 13.1 Å². The highest BCUT2D eigenvalue weighted by molar-refractivity contribution is 6.94. The molecule has 0 aliphatic carbocycles. The summed E-state index contributed by atoms with van der Waals surface area (Å²) in [7, 11) is -0.224. The number of Topliss-reactive ketones (excluding diaryl/α,β-unsaturated/α-hetero) is 1. The van der Waals surface area contributed by atoms with Gasteiger partial charge in [0.05, 0.1) is 13.1 Å². The number of likely N-dealkylation sites (N-methyl/N-ethyl adjacent to an activating group) is 1. The first kappa shape index (κ1) is 14.4. The van der Waals surface area contributed by atoms with Gasteiger partial charge in [0, 0.05) is 5.92 Å². The van der Waals surface area contributed by atoms with Gasteiger partial charge in [0.2, 0.25) is 0 Å². The van der Waals surface area contributed by atoms with Crippen molar-refractivity contribution in [2.75, 3.05) is 20.1 Å². The highest BCUT2D eigenvalue weighted by Crippen LogP contribution is 2.05. The van der Waals surface area contributed by atoms with Crippen molar-refractivity contribution < 1.29 is 28.5 Å². The zero-order valence-electron chi connectivity index (χ0n) is 10.5. The lowest BCUT2D eigenvalue weighted by atomic mass is 9.77. The van der Waals surface area contributed by atoms with Gasteiger partial charge in [-0.2, -0.15) is 0 Å². The van der Waals surface area contributed by atoms with Crippen LogP contribution in [-0.2, 0) is 28.5 Å². The SMILES string of the molecule is CC(C)C(=O)C(=O)B1OC(=O)CN(C)CC(=O)O1. The van der Waals surface area contributed by atoms with Gasteiger partial charge in [-0.1, -0.05) is 13.8 Å². The number of hydrogen-bond acceptors (Lipinski definition) is 7. The molecular weight excluding hydrogens is 241 g/mol. The molecule has 0 atom stereocenters. The molecule has 1 fully saturated rings. The standard InChI is InChI=1S/C10H14BNO6/c1-6(2)9(15)10(16)11-17-7(13)4-12(3)5-8(14)18-11/h6H,4-5H2,1-3H3. The van der Waals surface area contributed by atoms with Gasteiger partial charge >= 0.3 is 19.1 Å². The van der Waals surface area contributed by atoms with Gasteiger partial charge in [0.1, 0.15) is 0 Å². The first-order valence-corrected chi connectivity index (χ1v) is 5.46. The largest absolute Gasteiger partial charge is 0.683 e. The van der Waals surface area contributed by atoms with Gasteiger partial charge in [0.15, 0.2) is 5.78 Å². The van der Waals surface area contributed by atoms with Crippen molar-refractivity contribution >= 4 is 30.5 Å². The summed E-state index contributed by atoms with van der Waals surface area (Å²) in [5, 5.41) is 0. The van der Waals surface area contributed by atoms with Crippen LogP contribution in [0.5, 0.6) is 0 Å². The van der Waals surface area contributed by atoms with E-state index in [1.54, 1.807) is 0 Å². The van der Waals surface area contributed by atoms with Crippen LogP contribution in [0.15, 0.2) is 0 Å². The van der Waals surface area contributed by atoms with Gasteiger partial charge in [-0.3, -0.25) is 24.1 Å². The topological polar surface area (TPSA) is 90.0 Å². The predicted molar refractivity (Wildman–Crippen MR) is 60.3 cm³/mol. The fraction of sp³-hybridized carbons (Fsp3) is 0.600. The number of carbonyl (C=O) groups excluding carboxylic acids is 4. The maximum absolute atomic E-state index is 11.7. The second-order valence-corrected chi connectivity index (χ2v) is 4.37. The molecule has 1 aliphatic heterocycles. The van der Waals surface area contributed by atoms with Crippen molar-refractivity contribution in [2.24, 2.45) is 5.92 Å². The van der Waals surface area contributed by atoms with Gasteiger partial charge < -0.3 is 9.31 Å². The summed E-state index contributed by atoms with van der Waals surface area (Å²) in [6, 6.07) is 0. The Labute approximate surface area is 105 Å². The predicted octanol–water partition coefficient (Wildman–Crippen LogP) is -1.16. The van der Waals surface area contributed by atoms with Gasteiger partial charge in [-0.15, -0.1) is 0 Å². The Morgan fingerprint density at radius 3 is 2.00 bits per heavy atom. The second-order valence-electron chi connectivity index (χ2n) is 4.37. The molecule has 8 heteroatoms. The molecule has 1 heterocycles. The number of nitrogens with zero attached hydrogens (tertiary/aromatic N) is 1. The van der Waals surface area contributed by atoms with E-state index in [1.165, 1.54) is 25.8 Å². The Morgan fingerprint density at radius 2 is 1.61 bits per heavy atom. The molecule has 1 rings (SSSR count). The van der Waals surface area contributed by atoms with Crippen molar-refractivity contribution in [1.82, 2.24) is 4.90 Å². The number of ketones is 1. The van der Waals surface area contributed by atoms with Crippen LogP contribution in [0.1, 0.15) is 13.8 Å². The normalized spacial score (nSPS) is 17.9. The van der Waals surface area contributed by atoms with E-state index < -0.39 is 36.4 Å². The Kier molecular flexibility index (Phi) is 4.60. The first-order valence-electron chi connectivity index (χ1n) is 5.46. The van der Waals surface area contributed by atoms with E-state index in [2.05, 4.69) is 9.31 Å². The van der Waals surface area contributed by atoms with E-state index in [9.17, 15) is 19.2 Å². The van der Waals surface area contributed by atoms with Crippen molar-refractivity contribution in [3.8, 4) is 0 Å². The molecule has 1 aliphatic rings. The fourth-order valence-corrected chi connectivity index (χ4v) is 1.34. The summed E-state index contributed by atoms with van der Waals surface area (Å²) in [5.41, 5.74) is -1.02. The third-order valence-electron chi connectivity index (χ3n) is 2.26. The molecule has 1 saturated heterocycles. The zero-order chi connectivity index (χ0) is 13.9. The van der Waals surface area contributed by atoms with Crippen molar-refractivity contribution in [3.05, 3.63) is 0 Å². The van der Waals surface area contributed by atoms with E-state index in [1.807, 2.05) is 0 Å². The summed E-state index contributed by atoms with van der Waals surface area (Å²) in [4.78, 5) is 47.2. The molecule has 18 heavy (non-hydrogen) atoms. The average molecular weight is 255 g/mol. The minimum Gasteiger partial charge on any atom is -0.492 e. The number of carbonyl (C=O) groups is 4. The van der Waals surface area contributed by atoms with Crippen molar-refractivity contribution in [1.29, 1.82) is 0 Å². The van der Waals surface area contributed by atoms with Crippen molar-refractivity contribution in [2.45, 2.75) is 13.8 Å². The molecule has 0 unspecified atom stereocenters. The highest BCUT2D eigenvalue weighted by Gasteiger charge is 2.43. The van der Waals surface area contributed by atoms with Crippen LogP contribution in [-0.4, -0.2) is 55.6 Å². The fourth-order valence-electron chi connectivity index (χ4n) is 1.34. The quantitative estimate of drug-likeness (QED) is 0.464. The molecular formula is C10H14BNO6. The summed E-state index contributed by atoms with van der Waals surface area (Å²) >= 11 is 0. The molecule has 0 bridgehead atoms. The molecule has 0 amide bonds. The Morgan fingerprint density at radius 1 is 1.17 bits per heavy atom. The van der Waals surface area contributed by atoms with Crippen LogP contribution >= 0.6 is 0 Å². The summed E-state index contributed by atoms with van der Waals surface area (Å²) < 4.78 is 9.34. The minimum absolute atomic E-state index is 0.144. The molecule has 0 radical (unpaired) electrons. The highest BCUT2D eigenvalue weighted by atomic mass is 16.6. The lowest BCUT2D eigenvalue weighted by molar-refractivity contribution is -0.148. The van der Waals surface area contributed by atoms with Crippen LogP contribution < -0.4 is 0 Å².